The second-order valence-electron chi connectivity index (χ2n) is 7.76. The van der Waals surface area contributed by atoms with Crippen LogP contribution >= 0.6 is 0 Å². The van der Waals surface area contributed by atoms with E-state index < -0.39 is 36.7 Å². The fraction of sp³-hybridized carbons (Fsp3) is 0.609. The van der Waals surface area contributed by atoms with Gasteiger partial charge in [0.1, 0.15) is 6.61 Å². The Morgan fingerprint density at radius 3 is 2.44 bits per heavy atom. The second-order valence-corrected chi connectivity index (χ2v) is 7.76. The molecule has 0 aliphatic carbocycles. The van der Waals surface area contributed by atoms with Crippen LogP contribution in [0.5, 0.6) is 0 Å². The lowest BCUT2D eigenvalue weighted by molar-refractivity contribution is -0.288. The number of carbonyl (C=O) groups is 3. The predicted molar refractivity (Wildman–Crippen MR) is 120 cm³/mol. The number of amides is 2. The van der Waals surface area contributed by atoms with Crippen molar-refractivity contribution < 1.29 is 42.8 Å². The monoisotopic (exact) mass is 482 g/mol. The zero-order chi connectivity index (χ0) is 24.9. The molecule has 0 radical (unpaired) electrons. The molecule has 1 fully saturated rings. The summed E-state index contributed by atoms with van der Waals surface area (Å²) in [5.74, 6) is -0.824. The van der Waals surface area contributed by atoms with Crippen LogP contribution in [0.25, 0.3) is 0 Å². The summed E-state index contributed by atoms with van der Waals surface area (Å²) >= 11 is 0. The van der Waals surface area contributed by atoms with Crippen LogP contribution in [0, 0.1) is 5.92 Å². The van der Waals surface area contributed by atoms with Gasteiger partial charge in [-0.05, 0) is 12.0 Å². The van der Waals surface area contributed by atoms with Crippen LogP contribution < -0.4 is 11.1 Å². The Hall–Kier alpha value is -2.89. The molecule has 11 heteroatoms. The van der Waals surface area contributed by atoms with Crippen molar-refractivity contribution in [3.05, 3.63) is 35.9 Å². The van der Waals surface area contributed by atoms with Crippen molar-refractivity contribution in [2.75, 3.05) is 26.4 Å². The van der Waals surface area contributed by atoms with Gasteiger partial charge in [0, 0.05) is 19.4 Å². The van der Waals surface area contributed by atoms with Crippen molar-refractivity contribution in [3.8, 4) is 0 Å². The number of ether oxygens (including phenoxy) is 6. The fourth-order valence-electron chi connectivity index (χ4n) is 3.59. The Balaban J connectivity index is 1.72. The highest BCUT2D eigenvalue weighted by molar-refractivity contribution is 5.67. The van der Waals surface area contributed by atoms with Crippen molar-refractivity contribution >= 4 is 18.2 Å². The molecular weight excluding hydrogens is 448 g/mol. The van der Waals surface area contributed by atoms with Gasteiger partial charge >= 0.3 is 18.2 Å². The molecule has 2 rings (SSSR count). The maximum absolute atomic E-state index is 11.7. The van der Waals surface area contributed by atoms with Gasteiger partial charge in [0.25, 0.3) is 0 Å². The lowest BCUT2D eigenvalue weighted by atomic mass is 9.89. The van der Waals surface area contributed by atoms with E-state index >= 15 is 0 Å². The number of nitrogens with two attached hydrogens (primary N) is 1. The van der Waals surface area contributed by atoms with Gasteiger partial charge in [-0.3, -0.25) is 4.79 Å². The van der Waals surface area contributed by atoms with Gasteiger partial charge in [0.15, 0.2) is 18.5 Å². The van der Waals surface area contributed by atoms with E-state index in [4.69, 9.17) is 34.2 Å². The SMILES string of the molecule is CC[C@@H]1OC(OCCOCCNC(=O)OCc2ccccc2)[C@@H](OC(C)=O)[C@@H](OC(N)=O)[C@@H]1C. The maximum atomic E-state index is 11.7. The van der Waals surface area contributed by atoms with E-state index in [-0.39, 0.29) is 45.0 Å². The van der Waals surface area contributed by atoms with E-state index in [1.807, 2.05) is 44.2 Å². The molecule has 1 heterocycles. The minimum Gasteiger partial charge on any atom is -0.453 e. The summed E-state index contributed by atoms with van der Waals surface area (Å²) in [5.41, 5.74) is 6.10. The van der Waals surface area contributed by atoms with Gasteiger partial charge in [0.05, 0.1) is 25.9 Å². The summed E-state index contributed by atoms with van der Waals surface area (Å²) in [6.45, 7) is 6.00. The van der Waals surface area contributed by atoms with Crippen molar-refractivity contribution in [2.45, 2.75) is 58.4 Å². The Morgan fingerprint density at radius 2 is 1.79 bits per heavy atom. The van der Waals surface area contributed by atoms with Gasteiger partial charge in [-0.2, -0.15) is 0 Å². The minimum absolute atomic E-state index is 0.120. The summed E-state index contributed by atoms with van der Waals surface area (Å²) in [7, 11) is 0. The summed E-state index contributed by atoms with van der Waals surface area (Å²) < 4.78 is 32.8. The van der Waals surface area contributed by atoms with Gasteiger partial charge in [-0.1, -0.05) is 44.2 Å². The predicted octanol–water partition coefficient (Wildman–Crippen LogP) is 2.11. The van der Waals surface area contributed by atoms with Gasteiger partial charge in [-0.15, -0.1) is 0 Å². The van der Waals surface area contributed by atoms with E-state index in [1.54, 1.807) is 0 Å². The normalized spacial score (nSPS) is 24.1. The smallest absolute Gasteiger partial charge is 0.407 e. The fourth-order valence-corrected chi connectivity index (χ4v) is 3.59. The lowest BCUT2D eigenvalue weighted by Crippen LogP contribution is -2.57. The van der Waals surface area contributed by atoms with E-state index in [2.05, 4.69) is 5.32 Å². The number of hydrogen-bond donors (Lipinski definition) is 2. The molecule has 0 saturated carbocycles. The minimum atomic E-state index is -0.970. The number of nitrogens with one attached hydrogen (secondary N) is 1. The molecule has 3 N–H and O–H groups in total. The molecular formula is C23H34N2O9. The van der Waals surface area contributed by atoms with Crippen LogP contribution in [0.2, 0.25) is 0 Å². The Kier molecular flexibility index (Phi) is 11.6. The second kappa shape index (κ2) is 14.4. The third-order valence-electron chi connectivity index (χ3n) is 5.20. The standard InChI is InChI=1S/C23H34N2O9/c1-4-18-15(2)19(34-22(24)27)20(32-16(3)26)21(33-18)30-13-12-29-11-10-25-23(28)31-14-17-8-6-5-7-9-17/h5-9,15,18-21H,4,10-14H2,1-3H3,(H2,24,27)(H,25,28)/t15-,18+,19+,20+,21?/m1/s1. The van der Waals surface area contributed by atoms with Crippen LogP contribution in [-0.2, 0) is 39.8 Å². The Labute approximate surface area is 199 Å². The van der Waals surface area contributed by atoms with Crippen LogP contribution in [0.1, 0.15) is 32.8 Å². The number of alkyl carbamates (subject to hydrolysis) is 1. The molecule has 5 atom stereocenters. The molecule has 1 aromatic rings. The maximum Gasteiger partial charge on any atom is 0.407 e. The molecule has 1 aliphatic rings. The van der Waals surface area contributed by atoms with Gasteiger partial charge in [-0.25, -0.2) is 9.59 Å². The number of rotatable bonds is 12. The summed E-state index contributed by atoms with van der Waals surface area (Å²) in [6, 6.07) is 9.35. The largest absolute Gasteiger partial charge is 0.453 e. The molecule has 0 bridgehead atoms. The number of primary amides is 1. The third-order valence-corrected chi connectivity index (χ3v) is 5.20. The highest BCUT2D eigenvalue weighted by Crippen LogP contribution is 2.32. The number of benzene rings is 1. The van der Waals surface area contributed by atoms with E-state index in [0.717, 1.165) is 5.56 Å². The Bertz CT molecular complexity index is 777. The number of hydrogen-bond acceptors (Lipinski definition) is 9. The first kappa shape index (κ1) is 27.4. The molecule has 34 heavy (non-hydrogen) atoms. The van der Waals surface area contributed by atoms with E-state index in [9.17, 15) is 14.4 Å². The highest BCUT2D eigenvalue weighted by Gasteiger charge is 2.48. The molecule has 0 spiro atoms. The first-order valence-corrected chi connectivity index (χ1v) is 11.2. The summed E-state index contributed by atoms with van der Waals surface area (Å²) in [6.07, 6.45) is -3.89. The molecule has 1 saturated heterocycles. The first-order valence-electron chi connectivity index (χ1n) is 11.2. The third kappa shape index (κ3) is 9.16. The topological polar surface area (TPSA) is 145 Å². The van der Waals surface area contributed by atoms with Crippen LogP contribution in [0.3, 0.4) is 0 Å². The van der Waals surface area contributed by atoms with Crippen molar-refractivity contribution in [1.82, 2.24) is 5.32 Å². The van der Waals surface area contributed by atoms with Crippen molar-refractivity contribution in [3.63, 3.8) is 0 Å². The lowest BCUT2D eigenvalue weighted by Gasteiger charge is -2.43. The molecule has 1 aliphatic heterocycles. The van der Waals surface area contributed by atoms with Crippen molar-refractivity contribution in [1.29, 1.82) is 0 Å². The van der Waals surface area contributed by atoms with Gasteiger partial charge in [0.2, 0.25) is 0 Å². The average molecular weight is 483 g/mol. The molecule has 190 valence electrons. The number of esters is 1. The Morgan fingerprint density at radius 1 is 1.06 bits per heavy atom. The van der Waals surface area contributed by atoms with Crippen molar-refractivity contribution in [2.24, 2.45) is 11.7 Å². The molecule has 1 unspecified atom stereocenters. The summed E-state index contributed by atoms with van der Waals surface area (Å²) in [4.78, 5) is 34.7. The first-order chi connectivity index (χ1) is 16.3. The van der Waals surface area contributed by atoms with Gasteiger partial charge < -0.3 is 39.5 Å². The zero-order valence-corrected chi connectivity index (χ0v) is 19.8. The van der Waals surface area contributed by atoms with Crippen LogP contribution in [-0.4, -0.2) is 69.1 Å². The van der Waals surface area contributed by atoms with E-state index in [0.29, 0.717) is 6.42 Å². The average Bonchev–Trinajstić information content (AvgIpc) is 2.80. The van der Waals surface area contributed by atoms with Crippen LogP contribution in [0.15, 0.2) is 30.3 Å². The number of carbonyl (C=O) groups excluding carboxylic acids is 3. The van der Waals surface area contributed by atoms with Crippen LogP contribution in [0.4, 0.5) is 9.59 Å². The molecule has 2 amide bonds. The molecule has 0 aromatic heterocycles. The zero-order valence-electron chi connectivity index (χ0n) is 19.8. The highest BCUT2D eigenvalue weighted by atomic mass is 16.7. The van der Waals surface area contributed by atoms with E-state index in [1.165, 1.54) is 6.92 Å². The molecule has 1 aromatic carbocycles. The quantitative estimate of drug-likeness (QED) is 0.260. The molecule has 11 nitrogen and oxygen atoms in total. The summed E-state index contributed by atoms with van der Waals surface area (Å²) in [5, 5.41) is 2.59.